The summed E-state index contributed by atoms with van der Waals surface area (Å²) < 4.78 is 1.76. The molecule has 0 radical (unpaired) electrons. The molecule has 0 atom stereocenters. The molecule has 0 spiro atoms. The van der Waals surface area contributed by atoms with E-state index in [1.54, 1.807) is 15.9 Å². The summed E-state index contributed by atoms with van der Waals surface area (Å²) in [4.78, 5) is 32.0. The van der Waals surface area contributed by atoms with Gasteiger partial charge in [0, 0.05) is 18.0 Å². The highest BCUT2D eigenvalue weighted by Gasteiger charge is 2.23. The average molecular weight is 380 g/mol. The first-order valence-corrected chi connectivity index (χ1v) is 10.8. The fourth-order valence-electron chi connectivity index (χ4n) is 3.09. The van der Waals surface area contributed by atoms with Crippen molar-refractivity contribution >= 4 is 39.2 Å². The second kappa shape index (κ2) is 7.91. The van der Waals surface area contributed by atoms with Crippen molar-refractivity contribution in [1.29, 1.82) is 0 Å². The van der Waals surface area contributed by atoms with Crippen LogP contribution in [0.3, 0.4) is 0 Å². The zero-order valence-electron chi connectivity index (χ0n) is 15.1. The van der Waals surface area contributed by atoms with Gasteiger partial charge in [-0.25, -0.2) is 4.98 Å². The lowest BCUT2D eigenvalue weighted by Crippen LogP contribution is -2.29. The summed E-state index contributed by atoms with van der Waals surface area (Å²) in [5.74, 6) is 0.708. The lowest BCUT2D eigenvalue weighted by atomic mass is 10.2. The van der Waals surface area contributed by atoms with E-state index in [0.717, 1.165) is 35.9 Å². The van der Waals surface area contributed by atoms with Crippen LogP contribution in [0.2, 0.25) is 0 Å². The number of carbonyl (C=O) groups is 1. The number of thioether (sulfide) groups is 1. The van der Waals surface area contributed by atoms with Crippen molar-refractivity contribution in [3.05, 3.63) is 20.8 Å². The highest BCUT2D eigenvalue weighted by atomic mass is 32.2. The highest BCUT2D eigenvalue weighted by Crippen LogP contribution is 2.35. The lowest BCUT2D eigenvalue weighted by Gasteiger charge is -2.12. The number of carbonyl (C=O) groups excluding carboxylic acids is 1. The van der Waals surface area contributed by atoms with Crippen LogP contribution < -0.4 is 10.9 Å². The number of aryl methyl sites for hydroxylation is 2. The number of thiophene rings is 1. The molecule has 1 amide bonds. The van der Waals surface area contributed by atoms with Gasteiger partial charge in [0.25, 0.3) is 5.56 Å². The lowest BCUT2D eigenvalue weighted by molar-refractivity contribution is -0.118. The molecule has 2 aromatic heterocycles. The van der Waals surface area contributed by atoms with Gasteiger partial charge in [-0.2, -0.15) is 0 Å². The van der Waals surface area contributed by atoms with Crippen LogP contribution in [0.25, 0.3) is 10.2 Å². The molecule has 0 unspecified atom stereocenters. The van der Waals surface area contributed by atoms with E-state index in [-0.39, 0.29) is 11.5 Å². The molecule has 0 aromatic carbocycles. The van der Waals surface area contributed by atoms with E-state index in [9.17, 15) is 9.59 Å². The molecule has 0 bridgehead atoms. The minimum Gasteiger partial charge on any atom is -0.355 e. The Hall–Kier alpha value is -1.34. The summed E-state index contributed by atoms with van der Waals surface area (Å²) >= 11 is 3.01. The molecule has 0 saturated carbocycles. The topological polar surface area (TPSA) is 64.0 Å². The molecule has 5 nitrogen and oxygen atoms in total. The summed E-state index contributed by atoms with van der Waals surface area (Å²) in [7, 11) is 0. The Balaban J connectivity index is 1.88. The van der Waals surface area contributed by atoms with Gasteiger partial charge in [-0.3, -0.25) is 14.2 Å². The van der Waals surface area contributed by atoms with Crippen LogP contribution in [0, 0.1) is 5.92 Å². The number of amides is 1. The van der Waals surface area contributed by atoms with E-state index in [2.05, 4.69) is 26.1 Å². The Morgan fingerprint density at radius 2 is 2.20 bits per heavy atom. The van der Waals surface area contributed by atoms with Crippen molar-refractivity contribution in [1.82, 2.24) is 14.9 Å². The predicted octanol–water partition coefficient (Wildman–Crippen LogP) is 3.22. The number of hydrogen-bond acceptors (Lipinski definition) is 5. The standard InChI is InChI=1S/C18H25N3O2S2/c1-4-8-21-17(23)15-12-6-5-7-13(12)25-16(15)20-18(21)24-10-14(22)19-9-11(2)3/h11H,4-10H2,1-3H3,(H,19,22). The van der Waals surface area contributed by atoms with Gasteiger partial charge in [-0.05, 0) is 37.2 Å². The number of nitrogens with zero attached hydrogens (tertiary/aromatic N) is 2. The maximum atomic E-state index is 13.0. The molecule has 0 aliphatic heterocycles. The molecular formula is C18H25N3O2S2. The number of fused-ring (bicyclic) bond motifs is 3. The van der Waals surface area contributed by atoms with Crippen molar-refractivity contribution in [2.75, 3.05) is 12.3 Å². The molecule has 1 aliphatic rings. The molecule has 1 N–H and O–H groups in total. The molecule has 2 aromatic rings. The fraction of sp³-hybridized carbons (Fsp3) is 0.611. The van der Waals surface area contributed by atoms with Gasteiger partial charge in [0.05, 0.1) is 11.1 Å². The second-order valence-electron chi connectivity index (χ2n) is 6.88. The largest absolute Gasteiger partial charge is 0.355 e. The minimum absolute atomic E-state index is 0.00947. The monoisotopic (exact) mass is 379 g/mol. The van der Waals surface area contributed by atoms with E-state index in [1.807, 2.05) is 0 Å². The summed E-state index contributed by atoms with van der Waals surface area (Å²) in [6.07, 6.45) is 4.05. The van der Waals surface area contributed by atoms with Gasteiger partial charge in [-0.1, -0.05) is 32.5 Å². The molecular weight excluding hydrogens is 354 g/mol. The van der Waals surface area contributed by atoms with Crippen LogP contribution in [0.15, 0.2) is 9.95 Å². The molecule has 136 valence electrons. The van der Waals surface area contributed by atoms with Gasteiger partial charge in [0.1, 0.15) is 4.83 Å². The first-order chi connectivity index (χ1) is 12.0. The average Bonchev–Trinajstić information content (AvgIpc) is 3.14. The quantitative estimate of drug-likeness (QED) is 0.593. The second-order valence-corrected chi connectivity index (χ2v) is 8.90. The summed E-state index contributed by atoms with van der Waals surface area (Å²) in [5, 5.41) is 4.40. The van der Waals surface area contributed by atoms with Gasteiger partial charge in [0.15, 0.2) is 5.16 Å². The maximum absolute atomic E-state index is 13.0. The number of aromatic nitrogens is 2. The van der Waals surface area contributed by atoms with Crippen LogP contribution in [0.1, 0.15) is 44.1 Å². The zero-order chi connectivity index (χ0) is 18.0. The van der Waals surface area contributed by atoms with E-state index < -0.39 is 0 Å². The fourth-order valence-corrected chi connectivity index (χ4v) is 5.25. The van der Waals surface area contributed by atoms with E-state index >= 15 is 0 Å². The molecule has 0 fully saturated rings. The molecule has 0 saturated heterocycles. The molecule has 25 heavy (non-hydrogen) atoms. The first-order valence-electron chi connectivity index (χ1n) is 8.95. The smallest absolute Gasteiger partial charge is 0.263 e. The third kappa shape index (κ3) is 3.92. The normalized spacial score (nSPS) is 13.6. The predicted molar refractivity (Wildman–Crippen MR) is 105 cm³/mol. The van der Waals surface area contributed by atoms with E-state index in [0.29, 0.717) is 29.9 Å². The number of nitrogens with one attached hydrogen (secondary N) is 1. The van der Waals surface area contributed by atoms with E-state index in [4.69, 9.17) is 4.98 Å². The van der Waals surface area contributed by atoms with Crippen LogP contribution in [0.4, 0.5) is 0 Å². The molecule has 1 aliphatic carbocycles. The van der Waals surface area contributed by atoms with Crippen molar-refractivity contribution in [2.24, 2.45) is 5.92 Å². The van der Waals surface area contributed by atoms with Crippen molar-refractivity contribution < 1.29 is 4.79 Å². The summed E-state index contributed by atoms with van der Waals surface area (Å²) in [6, 6.07) is 0. The molecule has 7 heteroatoms. The Bertz CT molecular complexity index is 839. The summed E-state index contributed by atoms with van der Waals surface area (Å²) in [6.45, 7) is 7.50. The maximum Gasteiger partial charge on any atom is 0.263 e. The number of hydrogen-bond donors (Lipinski definition) is 1. The highest BCUT2D eigenvalue weighted by molar-refractivity contribution is 7.99. The van der Waals surface area contributed by atoms with Gasteiger partial charge in [-0.15, -0.1) is 11.3 Å². The first kappa shape index (κ1) is 18.5. The van der Waals surface area contributed by atoms with Crippen LogP contribution in [0.5, 0.6) is 0 Å². The molecule has 3 rings (SSSR count). The SMILES string of the molecule is CCCn1c(SCC(=O)NCC(C)C)nc2sc3c(c2c1=O)CCC3. The van der Waals surface area contributed by atoms with Crippen LogP contribution in [-0.2, 0) is 24.2 Å². The van der Waals surface area contributed by atoms with Crippen molar-refractivity contribution in [3.63, 3.8) is 0 Å². The van der Waals surface area contributed by atoms with Gasteiger partial charge >= 0.3 is 0 Å². The van der Waals surface area contributed by atoms with Crippen molar-refractivity contribution in [3.8, 4) is 0 Å². The van der Waals surface area contributed by atoms with Crippen molar-refractivity contribution in [2.45, 2.75) is 58.2 Å². The Labute approximate surface area is 156 Å². The van der Waals surface area contributed by atoms with Gasteiger partial charge in [0.2, 0.25) is 5.91 Å². The molecule has 2 heterocycles. The zero-order valence-corrected chi connectivity index (χ0v) is 16.7. The third-order valence-electron chi connectivity index (χ3n) is 4.28. The Kier molecular flexibility index (Phi) is 5.84. The Morgan fingerprint density at radius 3 is 2.92 bits per heavy atom. The van der Waals surface area contributed by atoms with E-state index in [1.165, 1.54) is 22.2 Å². The third-order valence-corrected chi connectivity index (χ3v) is 6.44. The van der Waals surface area contributed by atoms with Crippen LogP contribution in [-0.4, -0.2) is 27.8 Å². The van der Waals surface area contributed by atoms with Gasteiger partial charge < -0.3 is 5.32 Å². The Morgan fingerprint density at radius 1 is 1.40 bits per heavy atom. The minimum atomic E-state index is -0.00947. The number of rotatable bonds is 7. The van der Waals surface area contributed by atoms with Crippen LogP contribution >= 0.6 is 23.1 Å². The summed E-state index contributed by atoms with van der Waals surface area (Å²) in [5.41, 5.74) is 1.28.